The van der Waals surface area contributed by atoms with Crippen LogP contribution in [0.15, 0.2) is 6.20 Å². The van der Waals surface area contributed by atoms with Crippen molar-refractivity contribution in [1.82, 2.24) is 14.7 Å². The summed E-state index contributed by atoms with van der Waals surface area (Å²) in [6.07, 6.45) is 6.15. The lowest BCUT2D eigenvalue weighted by Crippen LogP contribution is -2.31. The molecule has 0 radical (unpaired) electrons. The summed E-state index contributed by atoms with van der Waals surface area (Å²) in [6.45, 7) is 1.51. The number of amides is 1. The molecule has 2 N–H and O–H groups in total. The number of carbonyl (C=O) groups excluding carboxylic acids is 1. The summed E-state index contributed by atoms with van der Waals surface area (Å²) in [5.41, 5.74) is 7.65. The highest BCUT2D eigenvalue weighted by Gasteiger charge is 2.34. The predicted octanol–water partition coefficient (Wildman–Crippen LogP) is 0.954. The van der Waals surface area contributed by atoms with E-state index in [4.69, 9.17) is 5.73 Å². The van der Waals surface area contributed by atoms with Gasteiger partial charge in [-0.2, -0.15) is 5.10 Å². The van der Waals surface area contributed by atoms with Gasteiger partial charge in [-0.05, 0) is 25.7 Å². The number of nitrogens with two attached hydrogens (primary N) is 1. The molecule has 0 saturated heterocycles. The predicted molar refractivity (Wildman–Crippen MR) is 68.4 cm³/mol. The lowest BCUT2D eigenvalue weighted by atomic mass is 9.93. The van der Waals surface area contributed by atoms with Crippen LogP contribution in [0.5, 0.6) is 0 Å². The molecule has 1 aromatic heterocycles. The number of hydrogen-bond donors (Lipinski definition) is 1. The third-order valence-corrected chi connectivity index (χ3v) is 4.12. The first-order valence-electron chi connectivity index (χ1n) is 6.75. The fourth-order valence-electron chi connectivity index (χ4n) is 2.84. The first kappa shape index (κ1) is 11.7. The third-order valence-electron chi connectivity index (χ3n) is 4.12. The number of fused-ring (bicyclic) bond motifs is 1. The molecule has 1 fully saturated rings. The van der Waals surface area contributed by atoms with Gasteiger partial charge in [-0.25, -0.2) is 0 Å². The molecule has 1 aliphatic heterocycles. The van der Waals surface area contributed by atoms with Crippen LogP contribution in [-0.4, -0.2) is 40.2 Å². The van der Waals surface area contributed by atoms with E-state index in [9.17, 15) is 4.79 Å². The highest BCUT2D eigenvalue weighted by molar-refractivity contribution is 5.95. The quantitative estimate of drug-likeness (QED) is 0.866. The van der Waals surface area contributed by atoms with Gasteiger partial charge in [0.15, 0.2) is 0 Å². The van der Waals surface area contributed by atoms with Gasteiger partial charge in [-0.15, -0.1) is 0 Å². The van der Waals surface area contributed by atoms with Crippen LogP contribution < -0.4 is 5.73 Å². The maximum atomic E-state index is 12.5. The van der Waals surface area contributed by atoms with Crippen molar-refractivity contribution in [3.8, 4) is 0 Å². The minimum atomic E-state index is 0.110. The van der Waals surface area contributed by atoms with E-state index in [2.05, 4.69) is 5.10 Å². The summed E-state index contributed by atoms with van der Waals surface area (Å²) in [5, 5.41) is 4.35. The zero-order chi connectivity index (χ0) is 12.7. The molecule has 0 bridgehead atoms. The Balaban J connectivity index is 1.92. The Labute approximate surface area is 107 Å². The second-order valence-electron chi connectivity index (χ2n) is 5.39. The molecule has 1 aliphatic carbocycles. The monoisotopic (exact) mass is 248 g/mol. The Bertz CT molecular complexity index is 464. The Morgan fingerprint density at radius 2 is 2.33 bits per heavy atom. The summed E-state index contributed by atoms with van der Waals surface area (Å²) in [6, 6.07) is 0.438. The van der Waals surface area contributed by atoms with E-state index in [0.29, 0.717) is 12.6 Å². The van der Waals surface area contributed by atoms with Gasteiger partial charge in [0.2, 0.25) is 0 Å². The molecule has 1 aromatic rings. The smallest absolute Gasteiger partial charge is 0.257 e. The van der Waals surface area contributed by atoms with Crippen molar-refractivity contribution >= 4 is 5.91 Å². The molecule has 3 rings (SSSR count). The molecule has 2 heterocycles. The van der Waals surface area contributed by atoms with Gasteiger partial charge in [-0.1, -0.05) is 0 Å². The summed E-state index contributed by atoms with van der Waals surface area (Å²) >= 11 is 0. The molecule has 0 aromatic carbocycles. The van der Waals surface area contributed by atoms with Crippen molar-refractivity contribution in [3.63, 3.8) is 0 Å². The molecular weight excluding hydrogens is 228 g/mol. The summed E-state index contributed by atoms with van der Waals surface area (Å²) < 4.78 is 1.97. The van der Waals surface area contributed by atoms with Crippen LogP contribution in [0.2, 0.25) is 0 Å². The van der Waals surface area contributed by atoms with Crippen molar-refractivity contribution < 1.29 is 4.79 Å². The van der Waals surface area contributed by atoms with Gasteiger partial charge < -0.3 is 10.6 Å². The van der Waals surface area contributed by atoms with Crippen LogP contribution in [0.1, 0.15) is 47.7 Å². The highest BCUT2D eigenvalue weighted by atomic mass is 16.2. The Morgan fingerprint density at radius 3 is 3.00 bits per heavy atom. The molecule has 98 valence electrons. The molecule has 18 heavy (non-hydrogen) atoms. The molecule has 1 unspecified atom stereocenters. The van der Waals surface area contributed by atoms with Crippen LogP contribution in [0, 0.1) is 0 Å². The van der Waals surface area contributed by atoms with Crippen LogP contribution in [0.3, 0.4) is 0 Å². The fourth-order valence-corrected chi connectivity index (χ4v) is 2.84. The van der Waals surface area contributed by atoms with Gasteiger partial charge >= 0.3 is 0 Å². The third kappa shape index (κ3) is 1.82. The number of hydrogen-bond acceptors (Lipinski definition) is 3. The summed E-state index contributed by atoms with van der Waals surface area (Å²) in [7, 11) is 1.89. The normalized spacial score (nSPS) is 22.7. The largest absolute Gasteiger partial charge is 0.339 e. The number of rotatable bonds is 3. The molecule has 1 atom stereocenters. The van der Waals surface area contributed by atoms with Gasteiger partial charge in [0.25, 0.3) is 5.91 Å². The second kappa shape index (κ2) is 4.39. The van der Waals surface area contributed by atoms with E-state index in [1.54, 1.807) is 6.20 Å². The lowest BCUT2D eigenvalue weighted by Gasteiger charge is -2.24. The average Bonchev–Trinajstić information content (AvgIpc) is 3.16. The van der Waals surface area contributed by atoms with E-state index in [1.165, 1.54) is 0 Å². The van der Waals surface area contributed by atoms with Crippen molar-refractivity contribution in [1.29, 1.82) is 0 Å². The molecule has 1 saturated carbocycles. The van der Waals surface area contributed by atoms with Crippen LogP contribution in [0.25, 0.3) is 0 Å². The van der Waals surface area contributed by atoms with Gasteiger partial charge in [-0.3, -0.25) is 9.48 Å². The zero-order valence-electron chi connectivity index (χ0n) is 10.8. The summed E-state index contributed by atoms with van der Waals surface area (Å²) in [5.74, 6) is 0.395. The first-order valence-corrected chi connectivity index (χ1v) is 6.75. The number of aromatic nitrogens is 2. The minimum absolute atomic E-state index is 0.110. The van der Waals surface area contributed by atoms with Crippen LogP contribution in [0.4, 0.5) is 0 Å². The SMILES string of the molecule is CN(C(=O)c1cnn2c1C(CN)CCC2)C1CC1. The molecule has 5 heteroatoms. The van der Waals surface area contributed by atoms with Crippen molar-refractivity contribution in [3.05, 3.63) is 17.5 Å². The van der Waals surface area contributed by atoms with E-state index in [-0.39, 0.29) is 11.8 Å². The van der Waals surface area contributed by atoms with E-state index in [1.807, 2.05) is 16.6 Å². The maximum absolute atomic E-state index is 12.5. The van der Waals surface area contributed by atoms with E-state index < -0.39 is 0 Å². The van der Waals surface area contributed by atoms with Gasteiger partial charge in [0.1, 0.15) is 0 Å². The van der Waals surface area contributed by atoms with Crippen molar-refractivity contribution in [2.75, 3.05) is 13.6 Å². The van der Waals surface area contributed by atoms with Crippen molar-refractivity contribution in [2.24, 2.45) is 5.73 Å². The lowest BCUT2D eigenvalue weighted by molar-refractivity contribution is 0.0783. The Hall–Kier alpha value is -1.36. The first-order chi connectivity index (χ1) is 8.72. The number of nitrogens with zero attached hydrogens (tertiary/aromatic N) is 3. The second-order valence-corrected chi connectivity index (χ2v) is 5.39. The van der Waals surface area contributed by atoms with E-state index in [0.717, 1.165) is 43.5 Å². The minimum Gasteiger partial charge on any atom is -0.339 e. The fraction of sp³-hybridized carbons (Fsp3) is 0.692. The maximum Gasteiger partial charge on any atom is 0.257 e. The molecule has 5 nitrogen and oxygen atoms in total. The Kier molecular flexibility index (Phi) is 2.86. The summed E-state index contributed by atoms with van der Waals surface area (Å²) in [4.78, 5) is 14.3. The Morgan fingerprint density at radius 1 is 1.56 bits per heavy atom. The average molecular weight is 248 g/mol. The van der Waals surface area contributed by atoms with Crippen LogP contribution >= 0.6 is 0 Å². The number of carbonyl (C=O) groups is 1. The highest BCUT2D eigenvalue weighted by Crippen LogP contribution is 2.32. The topological polar surface area (TPSA) is 64.2 Å². The zero-order valence-corrected chi connectivity index (χ0v) is 10.8. The number of aryl methyl sites for hydroxylation is 1. The molecule has 2 aliphatic rings. The molecular formula is C13H20N4O. The van der Waals surface area contributed by atoms with Crippen molar-refractivity contribution in [2.45, 2.75) is 44.2 Å². The molecule has 0 spiro atoms. The van der Waals surface area contributed by atoms with Gasteiger partial charge in [0, 0.05) is 32.1 Å². The standard InChI is InChI=1S/C13H20N4O/c1-16(10-4-5-10)13(18)11-8-15-17-6-2-3-9(7-14)12(11)17/h8-10H,2-7,14H2,1H3. The van der Waals surface area contributed by atoms with Crippen LogP contribution in [-0.2, 0) is 6.54 Å². The van der Waals surface area contributed by atoms with E-state index >= 15 is 0 Å². The van der Waals surface area contributed by atoms with Gasteiger partial charge in [0.05, 0.1) is 17.5 Å². The molecule has 1 amide bonds.